The zero-order chi connectivity index (χ0) is 31.1. The van der Waals surface area contributed by atoms with Crippen molar-refractivity contribution in [3.05, 3.63) is 66.4 Å². The number of carbonyl (C=O) groups is 2. The Morgan fingerprint density at radius 3 is 2.42 bits per heavy atom. The Bertz CT molecular complexity index is 1690. The molecule has 0 radical (unpaired) electrons. The molecule has 0 N–H and O–H groups in total. The van der Waals surface area contributed by atoms with Gasteiger partial charge in [0.05, 0.1) is 36.2 Å². The van der Waals surface area contributed by atoms with Gasteiger partial charge < -0.3 is 9.64 Å². The minimum Gasteiger partial charge on any atom is -0.469 e. The van der Waals surface area contributed by atoms with Gasteiger partial charge in [-0.2, -0.15) is 9.49 Å². The Morgan fingerprint density at radius 1 is 0.933 bits per heavy atom. The molecule has 2 heterocycles. The van der Waals surface area contributed by atoms with Gasteiger partial charge in [0.15, 0.2) is 0 Å². The second-order valence-electron chi connectivity index (χ2n) is 13.4. The maximum atomic E-state index is 14.4. The van der Waals surface area contributed by atoms with Crippen LogP contribution >= 0.6 is 0 Å². The maximum Gasteiger partial charge on any atom is 0.308 e. The highest BCUT2D eigenvalue weighted by Gasteiger charge is 2.35. The summed E-state index contributed by atoms with van der Waals surface area (Å²) in [6.07, 6.45) is 13.2. The van der Waals surface area contributed by atoms with Crippen molar-refractivity contribution in [3.63, 3.8) is 0 Å². The van der Waals surface area contributed by atoms with Crippen LogP contribution in [0, 0.1) is 23.7 Å². The summed E-state index contributed by atoms with van der Waals surface area (Å²) in [7, 11) is 3.21. The van der Waals surface area contributed by atoms with Gasteiger partial charge in [-0.1, -0.05) is 18.2 Å². The van der Waals surface area contributed by atoms with E-state index in [0.29, 0.717) is 55.5 Å². The van der Waals surface area contributed by atoms with Crippen molar-refractivity contribution in [1.29, 1.82) is 0 Å². The Hall–Kier alpha value is -4.01. The number of carbonyl (C=O) groups excluding carboxylic acids is 2. The van der Waals surface area contributed by atoms with Gasteiger partial charge in [-0.15, -0.1) is 5.10 Å². The zero-order valence-electron chi connectivity index (χ0n) is 26.2. The van der Waals surface area contributed by atoms with Gasteiger partial charge in [0.2, 0.25) is 11.9 Å². The van der Waals surface area contributed by atoms with E-state index >= 15 is 0 Å². The van der Waals surface area contributed by atoms with Crippen LogP contribution in [-0.4, -0.2) is 45.1 Å². The summed E-state index contributed by atoms with van der Waals surface area (Å²) in [6.45, 7) is 0.670. The molecule has 0 spiro atoms. The fourth-order valence-electron chi connectivity index (χ4n) is 7.60. The van der Waals surface area contributed by atoms with Gasteiger partial charge >= 0.3 is 5.97 Å². The lowest BCUT2D eigenvalue weighted by Crippen LogP contribution is -2.42. The van der Waals surface area contributed by atoms with E-state index in [1.807, 2.05) is 29.3 Å². The highest BCUT2D eigenvalue weighted by molar-refractivity contribution is 5.96. The van der Waals surface area contributed by atoms with Gasteiger partial charge in [-0.3, -0.25) is 19.0 Å². The number of hydrogen-bond donors (Lipinski definition) is 0. The number of nitrogens with zero attached hydrogens (tertiary/aromatic N) is 5. The van der Waals surface area contributed by atoms with Gasteiger partial charge in [-0.25, -0.2) is 0 Å². The molecular formula is C36H42FN5O3. The number of fused-ring (bicyclic) bond motifs is 1. The molecule has 0 bridgehead atoms. The van der Waals surface area contributed by atoms with Crippen LogP contribution < -0.4 is 4.90 Å². The monoisotopic (exact) mass is 611 g/mol. The molecule has 45 heavy (non-hydrogen) atoms. The number of esters is 1. The van der Waals surface area contributed by atoms with E-state index in [4.69, 9.17) is 4.74 Å². The van der Waals surface area contributed by atoms with E-state index < -0.39 is 5.95 Å². The molecule has 0 aliphatic heterocycles. The minimum atomic E-state index is -0.417. The quantitative estimate of drug-likeness (QED) is 0.197. The number of hydrogen-bond acceptors (Lipinski definition) is 5. The Kier molecular flexibility index (Phi) is 8.19. The number of benzene rings is 2. The number of rotatable bonds is 8. The number of methoxy groups -OCH3 is 1. The number of aromatic nitrogens is 4. The first-order chi connectivity index (χ1) is 21.9. The standard InChI is InChI=1S/C36H42FN5O3/c1-40-33-17-14-28(19-32(33)34(37)39-40)24-8-6-23(7-9-24)21-41(35(43)25-10-12-26(13-11-25)36(44)45-2)31-5-3-4-27(18-31)29-20-38-42(22-29)30-15-16-30/h3-5,14,17-20,22-26,30H,6-13,15-16,21H2,1-2H3. The lowest BCUT2D eigenvalue weighted by Gasteiger charge is -2.36. The van der Waals surface area contributed by atoms with Crippen molar-refractivity contribution >= 4 is 28.5 Å². The summed E-state index contributed by atoms with van der Waals surface area (Å²) >= 11 is 0. The number of anilines is 1. The molecule has 2 aromatic carbocycles. The SMILES string of the molecule is COC(=O)C1CCC(C(=O)N(CC2CCC(c3ccc4c(c3)c(F)nn4C)CC2)c2cccc(-c3cnn(C4CC4)c3)c2)CC1. The summed E-state index contributed by atoms with van der Waals surface area (Å²) in [5, 5.41) is 9.11. The van der Waals surface area contributed by atoms with E-state index in [0.717, 1.165) is 48.0 Å². The van der Waals surface area contributed by atoms with E-state index in [-0.39, 0.29) is 23.7 Å². The molecule has 0 atom stereocenters. The van der Waals surface area contributed by atoms with E-state index in [1.165, 1.54) is 25.5 Å². The molecule has 236 valence electrons. The molecule has 3 saturated carbocycles. The Morgan fingerprint density at radius 2 is 1.69 bits per heavy atom. The molecule has 8 nitrogen and oxygen atoms in total. The van der Waals surface area contributed by atoms with Crippen LogP contribution in [0.1, 0.15) is 81.7 Å². The molecule has 1 amide bonds. The van der Waals surface area contributed by atoms with Gasteiger partial charge in [0.1, 0.15) is 0 Å². The van der Waals surface area contributed by atoms with Crippen molar-refractivity contribution in [2.45, 2.75) is 76.2 Å². The van der Waals surface area contributed by atoms with Crippen LogP contribution in [0.4, 0.5) is 10.1 Å². The molecule has 9 heteroatoms. The molecule has 4 aromatic rings. The highest BCUT2D eigenvalue weighted by Crippen LogP contribution is 2.40. The topological polar surface area (TPSA) is 82.2 Å². The van der Waals surface area contributed by atoms with Crippen LogP contribution in [0.15, 0.2) is 54.9 Å². The first-order valence-electron chi connectivity index (χ1n) is 16.5. The number of halogens is 1. The summed E-state index contributed by atoms with van der Waals surface area (Å²) in [6, 6.07) is 14.9. The number of amides is 1. The van der Waals surface area contributed by atoms with Crippen molar-refractivity contribution in [2.75, 3.05) is 18.6 Å². The first-order valence-corrected chi connectivity index (χ1v) is 16.5. The van der Waals surface area contributed by atoms with Gasteiger partial charge in [0.25, 0.3) is 0 Å². The van der Waals surface area contributed by atoms with Crippen LogP contribution in [0.2, 0.25) is 0 Å². The molecule has 0 saturated heterocycles. The van der Waals surface area contributed by atoms with Gasteiger partial charge in [0, 0.05) is 37.0 Å². The van der Waals surface area contributed by atoms with Crippen molar-refractivity contribution in [3.8, 4) is 11.1 Å². The Balaban J connectivity index is 1.09. The smallest absolute Gasteiger partial charge is 0.308 e. The largest absolute Gasteiger partial charge is 0.469 e. The third kappa shape index (κ3) is 6.14. The fourth-order valence-corrected chi connectivity index (χ4v) is 7.60. The second-order valence-corrected chi connectivity index (χ2v) is 13.4. The van der Waals surface area contributed by atoms with Crippen molar-refractivity contribution in [2.24, 2.45) is 24.8 Å². The van der Waals surface area contributed by atoms with Crippen LogP contribution in [0.3, 0.4) is 0 Å². The lowest BCUT2D eigenvalue weighted by molar-refractivity contribution is -0.147. The van der Waals surface area contributed by atoms with Crippen molar-refractivity contribution in [1.82, 2.24) is 19.6 Å². The average Bonchev–Trinajstić information content (AvgIpc) is 3.74. The van der Waals surface area contributed by atoms with Crippen LogP contribution in [0.25, 0.3) is 22.0 Å². The third-order valence-corrected chi connectivity index (χ3v) is 10.5. The normalized spacial score (nSPS) is 23.6. The fraction of sp³-hybridized carbons (Fsp3) is 0.500. The van der Waals surface area contributed by atoms with E-state index in [1.54, 1.807) is 11.7 Å². The van der Waals surface area contributed by atoms with Crippen molar-refractivity contribution < 1.29 is 18.7 Å². The second kappa shape index (κ2) is 12.4. The average molecular weight is 612 g/mol. The number of ether oxygens (including phenoxy) is 1. The van der Waals surface area contributed by atoms with E-state index in [2.05, 4.69) is 45.3 Å². The predicted molar refractivity (Wildman–Crippen MR) is 171 cm³/mol. The molecule has 0 unspecified atom stereocenters. The molecule has 3 fully saturated rings. The molecule has 3 aliphatic rings. The number of aryl methyl sites for hydroxylation is 1. The van der Waals surface area contributed by atoms with E-state index in [9.17, 15) is 14.0 Å². The molecule has 2 aromatic heterocycles. The lowest BCUT2D eigenvalue weighted by atomic mass is 9.78. The van der Waals surface area contributed by atoms with Crippen LogP contribution in [-0.2, 0) is 21.4 Å². The summed E-state index contributed by atoms with van der Waals surface area (Å²) in [4.78, 5) is 28.4. The molecular weight excluding hydrogens is 569 g/mol. The minimum absolute atomic E-state index is 0.107. The predicted octanol–water partition coefficient (Wildman–Crippen LogP) is 7.20. The molecule has 7 rings (SSSR count). The summed E-state index contributed by atoms with van der Waals surface area (Å²) < 4.78 is 23.0. The zero-order valence-corrected chi connectivity index (χ0v) is 26.2. The van der Waals surface area contributed by atoms with Crippen LogP contribution in [0.5, 0.6) is 0 Å². The summed E-state index contributed by atoms with van der Waals surface area (Å²) in [5.41, 5.74) is 5.03. The Labute approximate surface area is 263 Å². The molecule has 3 aliphatic carbocycles. The highest BCUT2D eigenvalue weighted by atomic mass is 19.1. The maximum absolute atomic E-state index is 14.4. The first kappa shape index (κ1) is 29.7. The van der Waals surface area contributed by atoms with Gasteiger partial charge in [-0.05, 0) is 111 Å². The summed E-state index contributed by atoms with van der Waals surface area (Å²) in [5.74, 6) is 0.0900. The third-order valence-electron chi connectivity index (χ3n) is 10.5.